The minimum absolute atomic E-state index is 0.278. The van der Waals surface area contributed by atoms with Crippen LogP contribution in [0.5, 0.6) is 0 Å². The quantitative estimate of drug-likeness (QED) is 0.625. The van der Waals surface area contributed by atoms with Gasteiger partial charge in [-0.2, -0.15) is 16.9 Å². The van der Waals surface area contributed by atoms with E-state index < -0.39 is 0 Å². The lowest BCUT2D eigenvalue weighted by atomic mass is 9.92. The van der Waals surface area contributed by atoms with E-state index in [4.69, 9.17) is 17.4 Å². The summed E-state index contributed by atoms with van der Waals surface area (Å²) in [6.07, 6.45) is 5.46. The van der Waals surface area contributed by atoms with Crippen LogP contribution in [0.15, 0.2) is 0 Å². The molecule has 2 heterocycles. The maximum absolute atomic E-state index is 6.42. The average Bonchev–Trinajstić information content (AvgIpc) is 2.74. The highest BCUT2D eigenvalue weighted by Crippen LogP contribution is 2.28. The van der Waals surface area contributed by atoms with Crippen LogP contribution in [0.25, 0.3) is 0 Å². The fraction of sp³-hybridized carbons (Fsp3) is 0.786. The second-order valence-electron chi connectivity index (χ2n) is 5.54. The molecule has 20 heavy (non-hydrogen) atoms. The monoisotopic (exact) mass is 316 g/mol. The fourth-order valence-corrected chi connectivity index (χ4v) is 4.44. The molecular formula is C14H25ClN4S. The van der Waals surface area contributed by atoms with E-state index in [0.29, 0.717) is 0 Å². The molecule has 3 N–H and O–H groups in total. The summed E-state index contributed by atoms with van der Waals surface area (Å²) in [6.45, 7) is 2.08. The number of hydrazine groups is 1. The van der Waals surface area contributed by atoms with Gasteiger partial charge in [0.05, 0.1) is 16.4 Å². The second kappa shape index (κ2) is 7.69. The van der Waals surface area contributed by atoms with E-state index in [0.717, 1.165) is 41.6 Å². The summed E-state index contributed by atoms with van der Waals surface area (Å²) in [5.74, 6) is 9.11. The molecule has 4 nitrogen and oxygen atoms in total. The fourth-order valence-electron chi connectivity index (χ4n) is 2.87. The van der Waals surface area contributed by atoms with Gasteiger partial charge in [0.15, 0.2) is 0 Å². The first-order valence-electron chi connectivity index (χ1n) is 7.39. The molecule has 1 saturated heterocycles. The molecule has 1 fully saturated rings. The number of aryl methyl sites for hydroxylation is 2. The van der Waals surface area contributed by atoms with Gasteiger partial charge < -0.3 is 0 Å². The van der Waals surface area contributed by atoms with Crippen LogP contribution in [0.4, 0.5) is 0 Å². The SMILES string of the molecule is CCc1nn(C)c(CC(CC2CCSCC2)NN)c1Cl. The van der Waals surface area contributed by atoms with Crippen LogP contribution in [0, 0.1) is 5.92 Å². The van der Waals surface area contributed by atoms with Gasteiger partial charge in [-0.25, -0.2) is 0 Å². The summed E-state index contributed by atoms with van der Waals surface area (Å²) in [6, 6.07) is 0.278. The first-order valence-corrected chi connectivity index (χ1v) is 8.93. The molecule has 1 atom stereocenters. The van der Waals surface area contributed by atoms with Crippen molar-refractivity contribution in [3.05, 3.63) is 16.4 Å². The normalized spacial score (nSPS) is 18.4. The molecule has 0 aromatic carbocycles. The Morgan fingerprint density at radius 1 is 1.50 bits per heavy atom. The van der Waals surface area contributed by atoms with Crippen molar-refractivity contribution in [1.29, 1.82) is 0 Å². The van der Waals surface area contributed by atoms with Crippen molar-refractivity contribution < 1.29 is 0 Å². The van der Waals surface area contributed by atoms with Gasteiger partial charge in [0.2, 0.25) is 0 Å². The summed E-state index contributed by atoms with van der Waals surface area (Å²) in [7, 11) is 1.96. The highest BCUT2D eigenvalue weighted by Gasteiger charge is 2.22. The maximum atomic E-state index is 6.42. The molecule has 6 heteroatoms. The second-order valence-corrected chi connectivity index (χ2v) is 7.15. The van der Waals surface area contributed by atoms with Gasteiger partial charge in [-0.15, -0.1) is 0 Å². The van der Waals surface area contributed by atoms with Gasteiger partial charge >= 0.3 is 0 Å². The zero-order valence-electron chi connectivity index (χ0n) is 12.4. The zero-order chi connectivity index (χ0) is 14.5. The van der Waals surface area contributed by atoms with Crippen LogP contribution in [0.3, 0.4) is 0 Å². The van der Waals surface area contributed by atoms with Crippen LogP contribution < -0.4 is 11.3 Å². The first kappa shape index (κ1) is 16.1. The number of nitrogens with two attached hydrogens (primary N) is 1. The van der Waals surface area contributed by atoms with Crippen LogP contribution >= 0.6 is 23.4 Å². The summed E-state index contributed by atoms with van der Waals surface area (Å²) in [5, 5.41) is 5.29. The standard InChI is InChI=1S/C14H25ClN4S/c1-3-12-14(15)13(19(2)18-12)9-11(17-16)8-10-4-6-20-7-5-10/h10-11,17H,3-9,16H2,1-2H3. The lowest BCUT2D eigenvalue weighted by Crippen LogP contribution is -2.39. The molecule has 1 unspecified atom stereocenters. The molecule has 0 spiro atoms. The highest BCUT2D eigenvalue weighted by atomic mass is 35.5. The number of aromatic nitrogens is 2. The third kappa shape index (κ3) is 3.91. The smallest absolute Gasteiger partial charge is 0.0850 e. The third-order valence-corrected chi connectivity index (χ3v) is 5.62. The van der Waals surface area contributed by atoms with Gasteiger partial charge in [-0.3, -0.25) is 16.0 Å². The Kier molecular flexibility index (Phi) is 6.20. The summed E-state index contributed by atoms with van der Waals surface area (Å²) < 4.78 is 1.90. The number of rotatable bonds is 6. The van der Waals surface area contributed by atoms with Crippen molar-refractivity contribution in [3.63, 3.8) is 0 Å². The number of nitrogens with one attached hydrogen (secondary N) is 1. The zero-order valence-corrected chi connectivity index (χ0v) is 13.9. The van der Waals surface area contributed by atoms with Gasteiger partial charge in [-0.05, 0) is 43.1 Å². The molecule has 0 aliphatic carbocycles. The Morgan fingerprint density at radius 2 is 2.20 bits per heavy atom. The van der Waals surface area contributed by atoms with Gasteiger partial charge in [0.25, 0.3) is 0 Å². The molecule has 1 aromatic rings. The molecule has 2 rings (SSSR count). The molecule has 0 amide bonds. The van der Waals surface area contributed by atoms with E-state index in [9.17, 15) is 0 Å². The topological polar surface area (TPSA) is 55.9 Å². The summed E-state index contributed by atoms with van der Waals surface area (Å²) in [5.41, 5.74) is 5.05. The van der Waals surface area contributed by atoms with Crippen LogP contribution in [-0.2, 0) is 19.9 Å². The molecule has 1 aromatic heterocycles. The lowest BCUT2D eigenvalue weighted by Gasteiger charge is -2.26. The number of hydrogen-bond donors (Lipinski definition) is 2. The number of hydrogen-bond acceptors (Lipinski definition) is 4. The molecule has 1 aliphatic rings. The van der Waals surface area contributed by atoms with Crippen molar-refractivity contribution in [2.24, 2.45) is 18.8 Å². The molecule has 0 radical (unpaired) electrons. The Bertz CT molecular complexity index is 429. The molecule has 0 saturated carbocycles. The summed E-state index contributed by atoms with van der Waals surface area (Å²) >= 11 is 8.48. The number of nitrogens with zero attached hydrogens (tertiary/aromatic N) is 2. The Morgan fingerprint density at radius 3 is 2.75 bits per heavy atom. The van der Waals surface area contributed by atoms with E-state index in [2.05, 4.69) is 29.2 Å². The van der Waals surface area contributed by atoms with Gasteiger partial charge in [0, 0.05) is 19.5 Å². The Labute approximate surface area is 130 Å². The van der Waals surface area contributed by atoms with Gasteiger partial charge in [-0.1, -0.05) is 18.5 Å². The van der Waals surface area contributed by atoms with Crippen molar-refractivity contribution in [1.82, 2.24) is 15.2 Å². The molecule has 114 valence electrons. The molecule has 1 aliphatic heterocycles. The Hall–Kier alpha value is -0.230. The van der Waals surface area contributed by atoms with Crippen molar-refractivity contribution in [2.45, 2.75) is 45.1 Å². The minimum Gasteiger partial charge on any atom is -0.271 e. The Balaban J connectivity index is 2.00. The predicted molar refractivity (Wildman–Crippen MR) is 87.1 cm³/mol. The minimum atomic E-state index is 0.278. The number of halogens is 1. The van der Waals surface area contributed by atoms with E-state index in [1.54, 1.807) is 0 Å². The average molecular weight is 317 g/mol. The summed E-state index contributed by atoms with van der Waals surface area (Å²) in [4.78, 5) is 0. The van der Waals surface area contributed by atoms with E-state index in [-0.39, 0.29) is 6.04 Å². The molecule has 0 bridgehead atoms. The maximum Gasteiger partial charge on any atom is 0.0850 e. The van der Waals surface area contributed by atoms with E-state index in [1.807, 2.05) is 11.7 Å². The van der Waals surface area contributed by atoms with Crippen molar-refractivity contribution in [3.8, 4) is 0 Å². The lowest BCUT2D eigenvalue weighted by molar-refractivity contribution is 0.361. The predicted octanol–water partition coefficient (Wildman–Crippen LogP) is 2.54. The third-order valence-electron chi connectivity index (χ3n) is 4.14. The van der Waals surface area contributed by atoms with Crippen LogP contribution in [-0.4, -0.2) is 27.3 Å². The first-order chi connectivity index (χ1) is 9.65. The largest absolute Gasteiger partial charge is 0.271 e. The van der Waals surface area contributed by atoms with E-state index in [1.165, 1.54) is 24.3 Å². The highest BCUT2D eigenvalue weighted by molar-refractivity contribution is 7.99. The van der Waals surface area contributed by atoms with Crippen molar-refractivity contribution >= 4 is 23.4 Å². The van der Waals surface area contributed by atoms with Gasteiger partial charge in [0.1, 0.15) is 0 Å². The van der Waals surface area contributed by atoms with Crippen LogP contribution in [0.1, 0.15) is 37.6 Å². The number of thioether (sulfide) groups is 1. The van der Waals surface area contributed by atoms with E-state index >= 15 is 0 Å². The van der Waals surface area contributed by atoms with Crippen molar-refractivity contribution in [2.75, 3.05) is 11.5 Å². The van der Waals surface area contributed by atoms with Crippen LogP contribution in [0.2, 0.25) is 5.02 Å². The molecular weight excluding hydrogens is 292 g/mol.